The number of hydrogen-bond donors (Lipinski definition) is 1. The number of aromatic nitrogens is 5. The van der Waals surface area contributed by atoms with Gasteiger partial charge in [-0.1, -0.05) is 0 Å². The summed E-state index contributed by atoms with van der Waals surface area (Å²) in [4.78, 5) is 22.5. The van der Waals surface area contributed by atoms with E-state index in [1.54, 1.807) is 23.1 Å². The van der Waals surface area contributed by atoms with Crippen molar-refractivity contribution in [1.29, 1.82) is 0 Å². The second-order valence-corrected chi connectivity index (χ2v) is 3.72. The molecule has 0 saturated carbocycles. The van der Waals surface area contributed by atoms with Gasteiger partial charge >= 0.3 is 0 Å². The van der Waals surface area contributed by atoms with E-state index in [0.29, 0.717) is 16.7 Å². The SMILES string of the molecule is Cc1cnn(-c2nccc3c(=O)[nH]cnc23)c1. The molecule has 0 aliphatic carbocycles. The molecular formula is C11H9N5O. The third-order valence-electron chi connectivity index (χ3n) is 2.47. The highest BCUT2D eigenvalue weighted by Gasteiger charge is 2.08. The Bertz CT molecular complexity index is 743. The van der Waals surface area contributed by atoms with Gasteiger partial charge in [-0.3, -0.25) is 4.79 Å². The molecule has 0 aliphatic rings. The molecule has 17 heavy (non-hydrogen) atoms. The summed E-state index contributed by atoms with van der Waals surface area (Å²) in [5, 5.41) is 4.67. The second kappa shape index (κ2) is 3.51. The minimum absolute atomic E-state index is 0.178. The maximum Gasteiger partial charge on any atom is 0.258 e. The average Bonchev–Trinajstić information content (AvgIpc) is 2.76. The summed E-state index contributed by atoms with van der Waals surface area (Å²) in [5.41, 5.74) is 1.38. The molecule has 6 heteroatoms. The maximum atomic E-state index is 11.6. The molecule has 3 rings (SSSR count). The van der Waals surface area contributed by atoms with Crippen LogP contribution in [0.2, 0.25) is 0 Å². The van der Waals surface area contributed by atoms with Crippen LogP contribution in [0.4, 0.5) is 0 Å². The second-order valence-electron chi connectivity index (χ2n) is 3.72. The van der Waals surface area contributed by atoms with Crippen LogP contribution in [0.1, 0.15) is 5.56 Å². The van der Waals surface area contributed by atoms with E-state index in [4.69, 9.17) is 0 Å². The van der Waals surface area contributed by atoms with Crippen LogP contribution in [0.5, 0.6) is 0 Å². The van der Waals surface area contributed by atoms with Crippen molar-refractivity contribution in [3.05, 3.63) is 46.9 Å². The highest BCUT2D eigenvalue weighted by molar-refractivity contribution is 5.83. The molecule has 0 fully saturated rings. The van der Waals surface area contributed by atoms with Gasteiger partial charge in [0.15, 0.2) is 5.82 Å². The summed E-state index contributed by atoms with van der Waals surface area (Å²) >= 11 is 0. The fourth-order valence-corrected chi connectivity index (χ4v) is 1.68. The van der Waals surface area contributed by atoms with E-state index < -0.39 is 0 Å². The van der Waals surface area contributed by atoms with E-state index in [0.717, 1.165) is 5.56 Å². The molecule has 0 bridgehead atoms. The molecular weight excluding hydrogens is 218 g/mol. The van der Waals surface area contributed by atoms with Crippen molar-refractivity contribution in [2.24, 2.45) is 0 Å². The van der Waals surface area contributed by atoms with Crippen molar-refractivity contribution in [1.82, 2.24) is 24.7 Å². The van der Waals surface area contributed by atoms with E-state index in [9.17, 15) is 4.79 Å². The van der Waals surface area contributed by atoms with Gasteiger partial charge in [-0.2, -0.15) is 5.10 Å². The average molecular weight is 227 g/mol. The standard InChI is InChI=1S/C11H9N5O/c1-7-4-15-16(5-7)10-9-8(2-3-12-10)11(17)14-6-13-9/h2-6H,1H3,(H,13,14,17). The molecule has 0 radical (unpaired) electrons. The minimum Gasteiger partial charge on any atom is -0.313 e. The van der Waals surface area contributed by atoms with Crippen molar-refractivity contribution in [2.75, 3.05) is 0 Å². The zero-order chi connectivity index (χ0) is 11.8. The first kappa shape index (κ1) is 9.71. The lowest BCUT2D eigenvalue weighted by molar-refractivity contribution is 0.851. The Morgan fingerprint density at radius 2 is 2.24 bits per heavy atom. The Balaban J connectivity index is 2.38. The first-order valence-corrected chi connectivity index (χ1v) is 5.10. The summed E-state index contributed by atoms with van der Waals surface area (Å²) < 4.78 is 1.62. The van der Waals surface area contributed by atoms with E-state index in [1.807, 2.05) is 13.1 Å². The van der Waals surface area contributed by atoms with Gasteiger partial charge in [0.2, 0.25) is 0 Å². The highest BCUT2D eigenvalue weighted by Crippen LogP contribution is 2.13. The third-order valence-corrected chi connectivity index (χ3v) is 2.47. The summed E-state index contributed by atoms with van der Waals surface area (Å²) in [6.07, 6.45) is 6.51. The van der Waals surface area contributed by atoms with Gasteiger partial charge in [0.1, 0.15) is 5.52 Å². The highest BCUT2D eigenvalue weighted by atomic mass is 16.1. The molecule has 3 aromatic heterocycles. The first-order chi connectivity index (χ1) is 8.25. The van der Waals surface area contributed by atoms with Gasteiger partial charge < -0.3 is 4.98 Å². The summed E-state index contributed by atoms with van der Waals surface area (Å²) in [7, 11) is 0. The largest absolute Gasteiger partial charge is 0.313 e. The lowest BCUT2D eigenvalue weighted by atomic mass is 10.3. The number of pyridine rings is 1. The Morgan fingerprint density at radius 3 is 3.00 bits per heavy atom. The van der Waals surface area contributed by atoms with Crippen LogP contribution in [0, 0.1) is 6.92 Å². The van der Waals surface area contributed by atoms with Gasteiger partial charge in [-0.25, -0.2) is 14.6 Å². The Hall–Kier alpha value is -2.50. The summed E-state index contributed by atoms with van der Waals surface area (Å²) in [6, 6.07) is 1.64. The Morgan fingerprint density at radius 1 is 1.35 bits per heavy atom. The molecule has 1 N–H and O–H groups in total. The zero-order valence-corrected chi connectivity index (χ0v) is 9.08. The van der Waals surface area contributed by atoms with Crippen molar-refractivity contribution >= 4 is 10.9 Å². The molecule has 0 aromatic carbocycles. The molecule has 84 valence electrons. The molecule has 6 nitrogen and oxygen atoms in total. The fourth-order valence-electron chi connectivity index (χ4n) is 1.68. The van der Waals surface area contributed by atoms with Crippen LogP contribution in [0.25, 0.3) is 16.7 Å². The van der Waals surface area contributed by atoms with E-state index >= 15 is 0 Å². The molecule has 0 saturated heterocycles. The van der Waals surface area contributed by atoms with Crippen molar-refractivity contribution < 1.29 is 0 Å². The third kappa shape index (κ3) is 1.50. The molecule has 3 heterocycles. The first-order valence-electron chi connectivity index (χ1n) is 5.10. The summed E-state index contributed by atoms with van der Waals surface area (Å²) in [6.45, 7) is 1.94. The maximum absolute atomic E-state index is 11.6. The lowest BCUT2D eigenvalue weighted by Gasteiger charge is -2.02. The molecule has 0 atom stereocenters. The van der Waals surface area contributed by atoms with Crippen LogP contribution in [-0.4, -0.2) is 24.7 Å². The van der Waals surface area contributed by atoms with Crippen molar-refractivity contribution in [3.63, 3.8) is 0 Å². The van der Waals surface area contributed by atoms with Gasteiger partial charge in [-0.15, -0.1) is 0 Å². The number of nitrogens with zero attached hydrogens (tertiary/aromatic N) is 4. The van der Waals surface area contributed by atoms with Crippen LogP contribution in [0.15, 0.2) is 35.8 Å². The van der Waals surface area contributed by atoms with Crippen LogP contribution >= 0.6 is 0 Å². The van der Waals surface area contributed by atoms with Gasteiger partial charge in [0.25, 0.3) is 5.56 Å². The number of aryl methyl sites for hydroxylation is 1. The molecule has 0 amide bonds. The predicted molar refractivity (Wildman–Crippen MR) is 62.0 cm³/mol. The van der Waals surface area contributed by atoms with Crippen LogP contribution in [0.3, 0.4) is 0 Å². The van der Waals surface area contributed by atoms with Gasteiger partial charge in [0.05, 0.1) is 17.9 Å². The molecule has 3 aromatic rings. The Labute approximate surface area is 96.0 Å². The lowest BCUT2D eigenvalue weighted by Crippen LogP contribution is -2.09. The number of H-pyrrole nitrogens is 1. The monoisotopic (exact) mass is 227 g/mol. The zero-order valence-electron chi connectivity index (χ0n) is 9.08. The molecule has 0 unspecified atom stereocenters. The number of hydrogen-bond acceptors (Lipinski definition) is 4. The van der Waals surface area contributed by atoms with E-state index in [1.165, 1.54) is 6.33 Å². The smallest absolute Gasteiger partial charge is 0.258 e. The fraction of sp³-hybridized carbons (Fsp3) is 0.0909. The predicted octanol–water partition coefficient (Wildman–Crippen LogP) is 0.812. The quantitative estimate of drug-likeness (QED) is 0.667. The number of nitrogens with one attached hydrogen (secondary N) is 1. The van der Waals surface area contributed by atoms with Crippen molar-refractivity contribution in [3.8, 4) is 5.82 Å². The van der Waals surface area contributed by atoms with E-state index in [-0.39, 0.29) is 5.56 Å². The molecule has 0 aliphatic heterocycles. The molecule has 0 spiro atoms. The van der Waals surface area contributed by atoms with Crippen LogP contribution < -0.4 is 5.56 Å². The minimum atomic E-state index is -0.178. The summed E-state index contributed by atoms with van der Waals surface area (Å²) in [5.74, 6) is 0.557. The van der Waals surface area contributed by atoms with Crippen molar-refractivity contribution in [2.45, 2.75) is 6.92 Å². The number of rotatable bonds is 1. The topological polar surface area (TPSA) is 76.5 Å². The Kier molecular flexibility index (Phi) is 2.01. The number of aromatic amines is 1. The number of fused-ring (bicyclic) bond motifs is 1. The van der Waals surface area contributed by atoms with E-state index in [2.05, 4.69) is 20.1 Å². The van der Waals surface area contributed by atoms with Crippen LogP contribution in [-0.2, 0) is 0 Å². The normalized spacial score (nSPS) is 10.9. The van der Waals surface area contributed by atoms with Gasteiger partial charge in [0, 0.05) is 12.4 Å². The van der Waals surface area contributed by atoms with Gasteiger partial charge in [-0.05, 0) is 18.6 Å².